The van der Waals surface area contributed by atoms with E-state index in [1.165, 1.54) is 0 Å². The van der Waals surface area contributed by atoms with Gasteiger partial charge in [-0.05, 0) is 37.1 Å². The van der Waals surface area contributed by atoms with Crippen LogP contribution in [0.3, 0.4) is 0 Å². The smallest absolute Gasteiger partial charge is 0.237 e. The molecular formula is C14H22Cl2N4O2. The second-order valence-corrected chi connectivity index (χ2v) is 4.82. The topological polar surface area (TPSA) is 83.1 Å². The maximum atomic E-state index is 11.7. The SMILES string of the molecule is Cl.Cl.O=C(CCNC(=O)C1CCCN1)NCc1ccncc1. The van der Waals surface area contributed by atoms with Gasteiger partial charge in [-0.2, -0.15) is 0 Å². The maximum absolute atomic E-state index is 11.7. The first kappa shape index (κ1) is 20.6. The van der Waals surface area contributed by atoms with E-state index in [1.807, 2.05) is 12.1 Å². The van der Waals surface area contributed by atoms with Crippen LogP contribution >= 0.6 is 24.8 Å². The summed E-state index contributed by atoms with van der Waals surface area (Å²) < 4.78 is 0. The van der Waals surface area contributed by atoms with E-state index in [4.69, 9.17) is 0 Å². The molecule has 1 aromatic heterocycles. The van der Waals surface area contributed by atoms with E-state index >= 15 is 0 Å². The van der Waals surface area contributed by atoms with Crippen LogP contribution in [0.4, 0.5) is 0 Å². The molecule has 2 rings (SSSR count). The van der Waals surface area contributed by atoms with Crippen LogP contribution in [0.5, 0.6) is 0 Å². The van der Waals surface area contributed by atoms with Gasteiger partial charge in [0, 0.05) is 31.9 Å². The summed E-state index contributed by atoms with van der Waals surface area (Å²) in [5.74, 6) is -0.0778. The van der Waals surface area contributed by atoms with E-state index in [1.54, 1.807) is 12.4 Å². The molecule has 0 radical (unpaired) electrons. The van der Waals surface area contributed by atoms with Gasteiger partial charge in [0.15, 0.2) is 0 Å². The van der Waals surface area contributed by atoms with Crippen LogP contribution < -0.4 is 16.0 Å². The number of amides is 2. The Balaban J connectivity index is 0.00000220. The van der Waals surface area contributed by atoms with Gasteiger partial charge in [0.1, 0.15) is 0 Å². The lowest BCUT2D eigenvalue weighted by Crippen LogP contribution is -2.41. The quantitative estimate of drug-likeness (QED) is 0.710. The largest absolute Gasteiger partial charge is 0.354 e. The van der Waals surface area contributed by atoms with Crippen molar-refractivity contribution in [2.45, 2.75) is 31.8 Å². The molecule has 0 saturated carbocycles. The number of hydrogen-bond donors (Lipinski definition) is 3. The van der Waals surface area contributed by atoms with E-state index < -0.39 is 0 Å². The minimum atomic E-state index is -0.0881. The number of nitrogens with zero attached hydrogens (tertiary/aromatic N) is 1. The Labute approximate surface area is 142 Å². The second kappa shape index (κ2) is 11.2. The van der Waals surface area contributed by atoms with Crippen LogP contribution in [0.15, 0.2) is 24.5 Å². The number of nitrogens with one attached hydrogen (secondary N) is 3. The first-order valence-electron chi connectivity index (χ1n) is 6.92. The molecule has 0 bridgehead atoms. The highest BCUT2D eigenvalue weighted by molar-refractivity contribution is 5.85. The maximum Gasteiger partial charge on any atom is 0.237 e. The summed E-state index contributed by atoms with van der Waals surface area (Å²) >= 11 is 0. The number of aromatic nitrogens is 1. The Bertz CT molecular complexity index is 453. The van der Waals surface area contributed by atoms with E-state index in [0.717, 1.165) is 24.9 Å². The molecule has 1 aliphatic heterocycles. The van der Waals surface area contributed by atoms with E-state index in [9.17, 15) is 9.59 Å². The van der Waals surface area contributed by atoms with Gasteiger partial charge in [0.05, 0.1) is 6.04 Å². The summed E-state index contributed by atoms with van der Waals surface area (Å²) in [7, 11) is 0. The highest BCUT2D eigenvalue weighted by Crippen LogP contribution is 2.04. The van der Waals surface area contributed by atoms with Crippen LogP contribution in [0, 0.1) is 0 Å². The van der Waals surface area contributed by atoms with Crippen molar-refractivity contribution >= 4 is 36.6 Å². The molecule has 1 saturated heterocycles. The van der Waals surface area contributed by atoms with Gasteiger partial charge >= 0.3 is 0 Å². The molecule has 3 N–H and O–H groups in total. The molecule has 1 fully saturated rings. The highest BCUT2D eigenvalue weighted by atomic mass is 35.5. The number of carbonyl (C=O) groups excluding carboxylic acids is 2. The van der Waals surface area contributed by atoms with Crippen LogP contribution in [0.2, 0.25) is 0 Å². The number of pyridine rings is 1. The molecule has 0 spiro atoms. The Morgan fingerprint density at radius 1 is 1.23 bits per heavy atom. The fourth-order valence-electron chi connectivity index (χ4n) is 2.12. The molecular weight excluding hydrogens is 327 g/mol. The molecule has 1 unspecified atom stereocenters. The van der Waals surface area contributed by atoms with Crippen LogP contribution in [0.25, 0.3) is 0 Å². The number of carbonyl (C=O) groups is 2. The predicted octanol–water partition coefficient (Wildman–Crippen LogP) is 0.800. The van der Waals surface area contributed by atoms with Crippen molar-refractivity contribution in [2.75, 3.05) is 13.1 Å². The van der Waals surface area contributed by atoms with Gasteiger partial charge in [-0.25, -0.2) is 0 Å². The fraction of sp³-hybridized carbons (Fsp3) is 0.500. The molecule has 0 aliphatic carbocycles. The molecule has 1 aliphatic rings. The summed E-state index contributed by atoms with van der Waals surface area (Å²) in [6, 6.07) is 3.62. The summed E-state index contributed by atoms with van der Waals surface area (Å²) in [6.45, 7) is 1.75. The fourth-order valence-corrected chi connectivity index (χ4v) is 2.12. The third-order valence-electron chi connectivity index (χ3n) is 3.27. The van der Waals surface area contributed by atoms with Crippen LogP contribution in [-0.2, 0) is 16.1 Å². The average Bonchev–Trinajstić information content (AvgIpc) is 3.00. The number of halogens is 2. The zero-order chi connectivity index (χ0) is 14.2. The van der Waals surface area contributed by atoms with E-state index in [2.05, 4.69) is 20.9 Å². The van der Waals surface area contributed by atoms with Crippen molar-refractivity contribution in [3.63, 3.8) is 0 Å². The number of hydrogen-bond acceptors (Lipinski definition) is 4. The minimum absolute atomic E-state index is 0. The lowest BCUT2D eigenvalue weighted by atomic mass is 10.2. The molecule has 1 aromatic rings. The van der Waals surface area contributed by atoms with Gasteiger partial charge in [-0.15, -0.1) is 24.8 Å². The van der Waals surface area contributed by atoms with E-state index in [-0.39, 0.29) is 42.7 Å². The summed E-state index contributed by atoms with van der Waals surface area (Å²) in [4.78, 5) is 27.2. The molecule has 124 valence electrons. The van der Waals surface area contributed by atoms with Crippen LogP contribution in [0.1, 0.15) is 24.8 Å². The molecule has 22 heavy (non-hydrogen) atoms. The third-order valence-corrected chi connectivity index (χ3v) is 3.27. The Hall–Kier alpha value is -1.37. The van der Waals surface area contributed by atoms with Crippen molar-refractivity contribution in [3.8, 4) is 0 Å². The summed E-state index contributed by atoms with van der Waals surface area (Å²) in [6.07, 6.45) is 5.58. The van der Waals surface area contributed by atoms with Gasteiger partial charge in [0.2, 0.25) is 11.8 Å². The Morgan fingerprint density at radius 2 is 1.95 bits per heavy atom. The second-order valence-electron chi connectivity index (χ2n) is 4.82. The normalized spacial score (nSPS) is 16.1. The number of rotatable bonds is 6. The van der Waals surface area contributed by atoms with Crippen molar-refractivity contribution in [2.24, 2.45) is 0 Å². The van der Waals surface area contributed by atoms with Crippen LogP contribution in [-0.4, -0.2) is 35.9 Å². The summed E-state index contributed by atoms with van der Waals surface area (Å²) in [5, 5.41) is 8.71. The average molecular weight is 349 g/mol. The lowest BCUT2D eigenvalue weighted by Gasteiger charge is -2.11. The lowest BCUT2D eigenvalue weighted by molar-refractivity contribution is -0.123. The molecule has 2 heterocycles. The van der Waals surface area contributed by atoms with E-state index in [0.29, 0.717) is 19.5 Å². The Morgan fingerprint density at radius 3 is 2.59 bits per heavy atom. The van der Waals surface area contributed by atoms with Gasteiger partial charge in [-0.1, -0.05) is 0 Å². The predicted molar refractivity (Wildman–Crippen MR) is 89.2 cm³/mol. The van der Waals surface area contributed by atoms with Gasteiger partial charge in [0.25, 0.3) is 0 Å². The zero-order valence-corrected chi connectivity index (χ0v) is 13.8. The van der Waals surface area contributed by atoms with Crippen molar-refractivity contribution in [1.29, 1.82) is 0 Å². The first-order valence-corrected chi connectivity index (χ1v) is 6.92. The molecule has 8 heteroatoms. The standard InChI is InChI=1S/C14H20N4O2.2ClH/c19-13(18-10-11-3-7-15-8-4-11)5-9-17-14(20)12-2-1-6-16-12;;/h3-4,7-8,12,16H,1-2,5-6,9-10H2,(H,17,20)(H,18,19);2*1H. The van der Waals surface area contributed by atoms with Crippen molar-refractivity contribution < 1.29 is 9.59 Å². The molecule has 6 nitrogen and oxygen atoms in total. The molecule has 1 atom stereocenters. The first-order chi connectivity index (χ1) is 9.75. The minimum Gasteiger partial charge on any atom is -0.354 e. The Kier molecular flexibility index (Phi) is 10.5. The van der Waals surface area contributed by atoms with Crippen molar-refractivity contribution in [3.05, 3.63) is 30.1 Å². The van der Waals surface area contributed by atoms with Crippen molar-refractivity contribution in [1.82, 2.24) is 20.9 Å². The monoisotopic (exact) mass is 348 g/mol. The third kappa shape index (κ3) is 7.06. The zero-order valence-electron chi connectivity index (χ0n) is 12.2. The van der Waals surface area contributed by atoms with Gasteiger partial charge in [-0.3, -0.25) is 14.6 Å². The highest BCUT2D eigenvalue weighted by Gasteiger charge is 2.21. The summed E-state index contributed by atoms with van der Waals surface area (Å²) in [5.41, 5.74) is 1.01. The molecule has 0 aromatic carbocycles. The van der Waals surface area contributed by atoms with Gasteiger partial charge < -0.3 is 16.0 Å². The molecule has 2 amide bonds.